The van der Waals surface area contributed by atoms with Crippen LogP contribution in [0.15, 0.2) is 48.7 Å². The molecule has 23 heavy (non-hydrogen) atoms. The fraction of sp³-hybridized carbons (Fsp3) is 0.333. The van der Waals surface area contributed by atoms with Crippen molar-refractivity contribution in [3.63, 3.8) is 0 Å². The highest BCUT2D eigenvalue weighted by atomic mass is 16.5. The first-order valence-electron chi connectivity index (χ1n) is 7.83. The van der Waals surface area contributed by atoms with E-state index in [1.807, 2.05) is 12.1 Å². The lowest BCUT2D eigenvalue weighted by Gasteiger charge is -2.38. The molecule has 1 fully saturated rings. The van der Waals surface area contributed by atoms with E-state index in [4.69, 9.17) is 10.5 Å². The zero-order chi connectivity index (χ0) is 16.1. The van der Waals surface area contributed by atoms with Crippen LogP contribution < -0.4 is 11.1 Å². The molecule has 2 heterocycles. The number of amides is 1. The number of benzene rings is 1. The van der Waals surface area contributed by atoms with E-state index in [1.54, 1.807) is 12.3 Å². The van der Waals surface area contributed by atoms with Gasteiger partial charge in [-0.2, -0.15) is 0 Å². The van der Waals surface area contributed by atoms with Crippen molar-refractivity contribution in [1.82, 2.24) is 4.98 Å². The second kappa shape index (κ2) is 6.79. The summed E-state index contributed by atoms with van der Waals surface area (Å²) in [5.74, 6) is -0.516. The highest BCUT2D eigenvalue weighted by molar-refractivity contribution is 5.91. The Hall–Kier alpha value is -2.40. The van der Waals surface area contributed by atoms with E-state index in [2.05, 4.69) is 34.6 Å². The molecule has 1 saturated heterocycles. The van der Waals surface area contributed by atoms with Crippen LogP contribution in [0.1, 0.15) is 28.9 Å². The van der Waals surface area contributed by atoms with E-state index in [-0.39, 0.29) is 11.1 Å². The number of hydrogen-bond acceptors (Lipinski definition) is 4. The Morgan fingerprint density at radius 3 is 2.65 bits per heavy atom. The minimum Gasteiger partial charge on any atom is -0.384 e. The number of carbonyl (C=O) groups is 1. The number of nitrogens with two attached hydrogens (primary N) is 1. The van der Waals surface area contributed by atoms with Gasteiger partial charge in [0.25, 0.3) is 5.91 Å². The molecule has 0 spiro atoms. The summed E-state index contributed by atoms with van der Waals surface area (Å²) in [5, 5.41) is 3.45. The van der Waals surface area contributed by atoms with Crippen molar-refractivity contribution in [2.24, 2.45) is 5.73 Å². The first-order valence-corrected chi connectivity index (χ1v) is 7.83. The summed E-state index contributed by atoms with van der Waals surface area (Å²) in [6.45, 7) is 2.31. The predicted molar refractivity (Wildman–Crippen MR) is 89.4 cm³/mol. The molecule has 1 aromatic carbocycles. The van der Waals surface area contributed by atoms with Gasteiger partial charge in [0.05, 0.1) is 0 Å². The van der Waals surface area contributed by atoms with Gasteiger partial charge in [-0.25, -0.2) is 0 Å². The lowest BCUT2D eigenvalue weighted by Crippen LogP contribution is -2.40. The summed E-state index contributed by atoms with van der Waals surface area (Å²) in [4.78, 5) is 15.2. The third-order valence-corrected chi connectivity index (χ3v) is 4.48. The maximum absolute atomic E-state index is 11.3. The summed E-state index contributed by atoms with van der Waals surface area (Å²) in [6, 6.07) is 14.1. The molecule has 0 aliphatic carbocycles. The normalized spacial score (nSPS) is 16.7. The molecule has 5 heteroatoms. The second-order valence-corrected chi connectivity index (χ2v) is 5.91. The summed E-state index contributed by atoms with van der Waals surface area (Å²) < 4.78 is 5.55. The van der Waals surface area contributed by atoms with Crippen molar-refractivity contribution >= 4 is 11.6 Å². The highest BCUT2D eigenvalue weighted by Crippen LogP contribution is 2.35. The fourth-order valence-corrected chi connectivity index (χ4v) is 3.07. The molecule has 0 atom stereocenters. The van der Waals surface area contributed by atoms with Crippen LogP contribution >= 0.6 is 0 Å². The van der Waals surface area contributed by atoms with Crippen LogP contribution in [0.25, 0.3) is 0 Å². The molecule has 5 nitrogen and oxygen atoms in total. The van der Waals surface area contributed by atoms with E-state index in [1.165, 1.54) is 5.56 Å². The third kappa shape index (κ3) is 3.51. The Labute approximate surface area is 135 Å². The number of ether oxygens (including phenoxy) is 1. The number of aromatic nitrogens is 1. The topological polar surface area (TPSA) is 77.2 Å². The molecule has 1 aromatic heterocycles. The first-order chi connectivity index (χ1) is 11.2. The van der Waals surface area contributed by atoms with Crippen LogP contribution in [0, 0.1) is 0 Å². The lowest BCUT2D eigenvalue weighted by atomic mass is 9.74. The maximum Gasteiger partial charge on any atom is 0.267 e. The van der Waals surface area contributed by atoms with Crippen molar-refractivity contribution in [2.75, 3.05) is 25.1 Å². The van der Waals surface area contributed by atoms with Crippen molar-refractivity contribution in [3.8, 4) is 0 Å². The quantitative estimate of drug-likeness (QED) is 0.888. The monoisotopic (exact) mass is 311 g/mol. The van der Waals surface area contributed by atoms with Gasteiger partial charge in [-0.3, -0.25) is 9.78 Å². The Morgan fingerprint density at radius 1 is 1.22 bits per heavy atom. The van der Waals surface area contributed by atoms with Gasteiger partial charge in [-0.05, 0) is 30.5 Å². The van der Waals surface area contributed by atoms with Crippen LogP contribution in [0.3, 0.4) is 0 Å². The number of nitrogens with one attached hydrogen (secondary N) is 1. The molecule has 120 valence electrons. The molecule has 1 amide bonds. The highest BCUT2D eigenvalue weighted by Gasteiger charge is 2.34. The molecular weight excluding hydrogens is 290 g/mol. The Morgan fingerprint density at radius 2 is 1.96 bits per heavy atom. The van der Waals surface area contributed by atoms with Gasteiger partial charge in [-0.15, -0.1) is 0 Å². The Balaban J connectivity index is 1.80. The number of anilines is 1. The largest absolute Gasteiger partial charge is 0.384 e. The van der Waals surface area contributed by atoms with E-state index in [0.717, 1.165) is 38.3 Å². The molecule has 3 rings (SSSR count). The summed E-state index contributed by atoms with van der Waals surface area (Å²) >= 11 is 0. The zero-order valence-corrected chi connectivity index (χ0v) is 13.0. The first kappa shape index (κ1) is 15.5. The molecule has 1 aliphatic rings. The number of rotatable bonds is 5. The van der Waals surface area contributed by atoms with E-state index in [0.29, 0.717) is 0 Å². The number of carbonyl (C=O) groups excluding carboxylic acids is 1. The molecule has 0 bridgehead atoms. The molecule has 1 aliphatic heterocycles. The maximum atomic E-state index is 11.3. The van der Waals surface area contributed by atoms with Crippen LogP contribution in [-0.4, -0.2) is 30.6 Å². The van der Waals surface area contributed by atoms with Crippen LogP contribution in [-0.2, 0) is 10.2 Å². The standard InChI is InChI=1S/C18H21N3O2/c19-17(22)16-12-15(6-9-20-16)21-13-18(7-10-23-11-8-18)14-4-2-1-3-5-14/h1-6,9,12H,7-8,10-11,13H2,(H2,19,22)(H,20,21). The van der Waals surface area contributed by atoms with Gasteiger partial charge in [0.15, 0.2) is 0 Å². The van der Waals surface area contributed by atoms with Crippen LogP contribution in [0.2, 0.25) is 0 Å². The smallest absolute Gasteiger partial charge is 0.267 e. The number of primary amides is 1. The van der Waals surface area contributed by atoms with Crippen LogP contribution in [0.5, 0.6) is 0 Å². The minimum absolute atomic E-state index is 0.0374. The molecule has 0 saturated carbocycles. The Bertz CT molecular complexity index is 667. The average molecular weight is 311 g/mol. The summed E-state index contributed by atoms with van der Waals surface area (Å²) in [5.41, 5.74) is 7.78. The summed E-state index contributed by atoms with van der Waals surface area (Å²) in [7, 11) is 0. The lowest BCUT2D eigenvalue weighted by molar-refractivity contribution is 0.0544. The average Bonchev–Trinajstić information content (AvgIpc) is 2.62. The predicted octanol–water partition coefficient (Wildman–Crippen LogP) is 2.34. The zero-order valence-electron chi connectivity index (χ0n) is 13.0. The van der Waals surface area contributed by atoms with Crippen molar-refractivity contribution in [3.05, 3.63) is 59.9 Å². The molecule has 0 unspecified atom stereocenters. The molecule has 3 N–H and O–H groups in total. The van der Waals surface area contributed by atoms with Gasteiger partial charge in [-0.1, -0.05) is 30.3 Å². The molecule has 2 aromatic rings. The van der Waals surface area contributed by atoms with Gasteiger partial charge in [0.2, 0.25) is 0 Å². The molecule has 0 radical (unpaired) electrons. The van der Waals surface area contributed by atoms with E-state index >= 15 is 0 Å². The molecular formula is C18H21N3O2. The van der Waals surface area contributed by atoms with Gasteiger partial charge in [0.1, 0.15) is 5.69 Å². The van der Waals surface area contributed by atoms with Crippen molar-refractivity contribution < 1.29 is 9.53 Å². The minimum atomic E-state index is -0.516. The summed E-state index contributed by atoms with van der Waals surface area (Å²) in [6.07, 6.45) is 3.54. The Kier molecular flexibility index (Phi) is 4.57. The van der Waals surface area contributed by atoms with Gasteiger partial charge >= 0.3 is 0 Å². The van der Waals surface area contributed by atoms with Gasteiger partial charge < -0.3 is 15.8 Å². The SMILES string of the molecule is NC(=O)c1cc(NCC2(c3ccccc3)CCOCC2)ccn1. The number of pyridine rings is 1. The van der Waals surface area contributed by atoms with E-state index in [9.17, 15) is 4.79 Å². The third-order valence-electron chi connectivity index (χ3n) is 4.48. The number of hydrogen-bond donors (Lipinski definition) is 2. The van der Waals surface area contributed by atoms with Crippen molar-refractivity contribution in [2.45, 2.75) is 18.3 Å². The van der Waals surface area contributed by atoms with Crippen molar-refractivity contribution in [1.29, 1.82) is 0 Å². The number of nitrogens with zero attached hydrogens (tertiary/aromatic N) is 1. The van der Waals surface area contributed by atoms with Gasteiger partial charge in [0, 0.05) is 37.1 Å². The second-order valence-electron chi connectivity index (χ2n) is 5.91. The fourth-order valence-electron chi connectivity index (χ4n) is 3.07. The van der Waals surface area contributed by atoms with E-state index < -0.39 is 5.91 Å². The van der Waals surface area contributed by atoms with Crippen LogP contribution in [0.4, 0.5) is 5.69 Å².